The Morgan fingerprint density at radius 3 is 2.53 bits per heavy atom. The summed E-state index contributed by atoms with van der Waals surface area (Å²) < 4.78 is 5.90. The molecule has 0 unspecified atom stereocenters. The van der Waals surface area contributed by atoms with Crippen LogP contribution in [0.3, 0.4) is 0 Å². The molecule has 0 aliphatic heterocycles. The molecule has 0 aliphatic rings. The minimum atomic E-state index is 0.108. The lowest BCUT2D eigenvalue weighted by Crippen LogP contribution is -2.05. The molecule has 0 radical (unpaired) electrons. The quantitative estimate of drug-likeness (QED) is 0.900. The number of aromatic nitrogens is 3. The van der Waals surface area contributed by atoms with E-state index in [-0.39, 0.29) is 12.0 Å². The van der Waals surface area contributed by atoms with Crippen LogP contribution in [0.25, 0.3) is 0 Å². The number of methoxy groups -OCH3 is 1. The van der Waals surface area contributed by atoms with Gasteiger partial charge in [0.05, 0.1) is 7.11 Å². The Balaban J connectivity index is 2.23. The van der Waals surface area contributed by atoms with Gasteiger partial charge in [-0.2, -0.15) is 15.0 Å². The van der Waals surface area contributed by atoms with E-state index in [1.807, 2.05) is 24.3 Å². The lowest BCUT2D eigenvalue weighted by atomic mass is 10.3. The SMILES string of the molecule is COc1nc(N)nc(Nc2ccc(Br)cc2)n1. The lowest BCUT2D eigenvalue weighted by Gasteiger charge is -2.06. The third-order valence-electron chi connectivity index (χ3n) is 1.92. The highest BCUT2D eigenvalue weighted by Crippen LogP contribution is 2.18. The van der Waals surface area contributed by atoms with E-state index in [2.05, 4.69) is 36.2 Å². The molecule has 0 atom stereocenters. The predicted molar refractivity (Wildman–Crippen MR) is 68.2 cm³/mol. The van der Waals surface area contributed by atoms with E-state index in [1.54, 1.807) is 0 Å². The summed E-state index contributed by atoms with van der Waals surface area (Å²) in [6.07, 6.45) is 0. The number of hydrogen-bond acceptors (Lipinski definition) is 6. The molecule has 0 amide bonds. The Labute approximate surface area is 106 Å². The molecule has 88 valence electrons. The summed E-state index contributed by atoms with van der Waals surface area (Å²) in [5.74, 6) is 0.452. The van der Waals surface area contributed by atoms with E-state index < -0.39 is 0 Å². The Morgan fingerprint density at radius 1 is 1.18 bits per heavy atom. The molecule has 1 aromatic carbocycles. The maximum atomic E-state index is 5.52. The molecule has 0 fully saturated rings. The maximum absolute atomic E-state index is 5.52. The summed E-state index contributed by atoms with van der Waals surface area (Å²) in [6.45, 7) is 0. The van der Waals surface area contributed by atoms with Crippen molar-refractivity contribution >= 4 is 33.5 Å². The molecular formula is C10H10BrN5O. The fourth-order valence-electron chi connectivity index (χ4n) is 1.18. The van der Waals surface area contributed by atoms with Gasteiger partial charge in [-0.15, -0.1) is 0 Å². The van der Waals surface area contributed by atoms with Crippen LogP contribution in [0, 0.1) is 0 Å². The molecule has 2 rings (SSSR count). The van der Waals surface area contributed by atoms with Crippen molar-refractivity contribution in [2.75, 3.05) is 18.2 Å². The standard InChI is InChI=1S/C10H10BrN5O/c1-17-10-15-8(12)14-9(16-10)13-7-4-2-6(11)3-5-7/h2-5H,1H3,(H3,12,13,14,15,16). The second kappa shape index (κ2) is 4.96. The van der Waals surface area contributed by atoms with E-state index in [0.29, 0.717) is 5.95 Å². The monoisotopic (exact) mass is 295 g/mol. The van der Waals surface area contributed by atoms with Gasteiger partial charge in [0.15, 0.2) is 0 Å². The first kappa shape index (κ1) is 11.6. The van der Waals surface area contributed by atoms with Gasteiger partial charge in [0, 0.05) is 10.2 Å². The van der Waals surface area contributed by atoms with Crippen molar-refractivity contribution in [3.05, 3.63) is 28.7 Å². The van der Waals surface area contributed by atoms with Crippen LogP contribution >= 0.6 is 15.9 Å². The molecule has 17 heavy (non-hydrogen) atoms. The van der Waals surface area contributed by atoms with Crippen molar-refractivity contribution in [2.45, 2.75) is 0 Å². The largest absolute Gasteiger partial charge is 0.467 e. The number of rotatable bonds is 3. The predicted octanol–water partition coefficient (Wildman–Crippen LogP) is 1.97. The smallest absolute Gasteiger partial charge is 0.322 e. The minimum Gasteiger partial charge on any atom is -0.467 e. The molecule has 0 bridgehead atoms. The number of halogens is 1. The van der Waals surface area contributed by atoms with Gasteiger partial charge in [-0.3, -0.25) is 0 Å². The first-order valence-corrected chi connectivity index (χ1v) is 5.55. The van der Waals surface area contributed by atoms with Crippen LogP contribution < -0.4 is 15.8 Å². The number of nitrogens with one attached hydrogen (secondary N) is 1. The molecule has 0 aliphatic carbocycles. The second-order valence-corrected chi connectivity index (χ2v) is 4.05. The number of ether oxygens (including phenoxy) is 1. The molecule has 0 saturated heterocycles. The van der Waals surface area contributed by atoms with E-state index in [9.17, 15) is 0 Å². The highest BCUT2D eigenvalue weighted by molar-refractivity contribution is 9.10. The van der Waals surface area contributed by atoms with E-state index >= 15 is 0 Å². The second-order valence-electron chi connectivity index (χ2n) is 3.14. The normalized spacial score (nSPS) is 10.0. The highest BCUT2D eigenvalue weighted by Gasteiger charge is 2.04. The number of hydrogen-bond donors (Lipinski definition) is 2. The topological polar surface area (TPSA) is 86.0 Å². The minimum absolute atomic E-state index is 0.108. The summed E-state index contributed by atoms with van der Waals surface area (Å²) in [6, 6.07) is 7.76. The average molecular weight is 296 g/mol. The van der Waals surface area contributed by atoms with E-state index in [0.717, 1.165) is 10.2 Å². The zero-order chi connectivity index (χ0) is 12.3. The molecule has 6 nitrogen and oxygen atoms in total. The van der Waals surface area contributed by atoms with Gasteiger partial charge >= 0.3 is 6.01 Å². The van der Waals surface area contributed by atoms with E-state index in [1.165, 1.54) is 7.11 Å². The number of nitrogen functional groups attached to an aromatic ring is 1. The van der Waals surface area contributed by atoms with Crippen LogP contribution in [0.15, 0.2) is 28.7 Å². The summed E-state index contributed by atoms with van der Waals surface area (Å²) in [7, 11) is 1.47. The van der Waals surface area contributed by atoms with Gasteiger partial charge < -0.3 is 15.8 Å². The molecule has 2 aromatic rings. The Hall–Kier alpha value is -1.89. The molecule has 3 N–H and O–H groups in total. The van der Waals surface area contributed by atoms with Gasteiger partial charge in [-0.25, -0.2) is 0 Å². The van der Waals surface area contributed by atoms with Crippen LogP contribution in [0.4, 0.5) is 17.6 Å². The van der Waals surface area contributed by atoms with Crippen LogP contribution in [0.2, 0.25) is 0 Å². The van der Waals surface area contributed by atoms with Crippen LogP contribution in [0.5, 0.6) is 6.01 Å². The fourth-order valence-corrected chi connectivity index (χ4v) is 1.45. The first-order chi connectivity index (χ1) is 8.17. The summed E-state index contributed by atoms with van der Waals surface area (Å²) >= 11 is 3.36. The number of benzene rings is 1. The van der Waals surface area contributed by atoms with E-state index in [4.69, 9.17) is 10.5 Å². The van der Waals surface area contributed by atoms with Crippen molar-refractivity contribution in [2.24, 2.45) is 0 Å². The number of anilines is 3. The number of nitrogens with zero attached hydrogens (tertiary/aromatic N) is 3. The molecule has 0 saturated carbocycles. The van der Waals surface area contributed by atoms with Gasteiger partial charge in [-0.1, -0.05) is 15.9 Å². The fraction of sp³-hybridized carbons (Fsp3) is 0.100. The summed E-state index contributed by atoms with van der Waals surface area (Å²) in [5.41, 5.74) is 6.37. The lowest BCUT2D eigenvalue weighted by molar-refractivity contribution is 0.380. The third kappa shape index (κ3) is 3.04. The Bertz CT molecular complexity index is 517. The van der Waals surface area contributed by atoms with Gasteiger partial charge in [-0.05, 0) is 24.3 Å². The molecule has 0 spiro atoms. The first-order valence-electron chi connectivity index (χ1n) is 4.75. The van der Waals surface area contributed by atoms with Crippen LogP contribution in [-0.4, -0.2) is 22.1 Å². The van der Waals surface area contributed by atoms with Gasteiger partial charge in [0.1, 0.15) is 0 Å². The van der Waals surface area contributed by atoms with Crippen LogP contribution in [0.1, 0.15) is 0 Å². The van der Waals surface area contributed by atoms with Crippen LogP contribution in [-0.2, 0) is 0 Å². The van der Waals surface area contributed by atoms with Gasteiger partial charge in [0.2, 0.25) is 11.9 Å². The highest BCUT2D eigenvalue weighted by atomic mass is 79.9. The van der Waals surface area contributed by atoms with Crippen molar-refractivity contribution in [1.29, 1.82) is 0 Å². The number of nitrogens with two attached hydrogens (primary N) is 1. The Kier molecular flexibility index (Phi) is 3.38. The third-order valence-corrected chi connectivity index (χ3v) is 2.44. The van der Waals surface area contributed by atoms with Gasteiger partial charge in [0.25, 0.3) is 0 Å². The van der Waals surface area contributed by atoms with Crippen molar-refractivity contribution in [3.63, 3.8) is 0 Å². The molecular weight excluding hydrogens is 286 g/mol. The zero-order valence-electron chi connectivity index (χ0n) is 9.01. The molecule has 1 aromatic heterocycles. The van der Waals surface area contributed by atoms with Crippen molar-refractivity contribution < 1.29 is 4.74 Å². The molecule has 7 heteroatoms. The zero-order valence-corrected chi connectivity index (χ0v) is 10.6. The van der Waals surface area contributed by atoms with Crippen molar-refractivity contribution in [1.82, 2.24) is 15.0 Å². The van der Waals surface area contributed by atoms with Crippen molar-refractivity contribution in [3.8, 4) is 6.01 Å². The maximum Gasteiger partial charge on any atom is 0.322 e. The summed E-state index contributed by atoms with van der Waals surface area (Å²) in [4.78, 5) is 11.8. The molecule has 1 heterocycles. The Morgan fingerprint density at radius 2 is 1.88 bits per heavy atom. The average Bonchev–Trinajstić information content (AvgIpc) is 2.31. The summed E-state index contributed by atoms with van der Waals surface area (Å²) in [5, 5.41) is 3.00.